The normalized spacial score (nSPS) is 20.3. The van der Waals surface area contributed by atoms with Gasteiger partial charge in [-0.15, -0.1) is 0 Å². The van der Waals surface area contributed by atoms with Crippen molar-refractivity contribution in [2.45, 2.75) is 33.2 Å². The zero-order valence-electron chi connectivity index (χ0n) is 8.08. The molecular formula is C10H14N2O. The molecule has 0 spiro atoms. The molecule has 0 aromatic carbocycles. The minimum Gasteiger partial charge on any atom is -0.296 e. The van der Waals surface area contributed by atoms with E-state index in [1.165, 1.54) is 0 Å². The number of rotatable bonds is 1. The fourth-order valence-corrected chi connectivity index (χ4v) is 1.83. The average Bonchev–Trinajstić information content (AvgIpc) is 2.46. The van der Waals surface area contributed by atoms with Crippen LogP contribution in [-0.4, -0.2) is 9.55 Å². The van der Waals surface area contributed by atoms with Crippen molar-refractivity contribution in [2.24, 2.45) is 5.92 Å². The van der Waals surface area contributed by atoms with E-state index in [4.69, 9.17) is 0 Å². The van der Waals surface area contributed by atoms with Gasteiger partial charge in [0, 0.05) is 24.7 Å². The molecule has 1 aliphatic rings. The van der Waals surface area contributed by atoms with Gasteiger partial charge in [0.2, 0.25) is 0 Å². The Kier molecular flexibility index (Phi) is 1.94. The highest BCUT2D eigenvalue weighted by Gasteiger charge is 2.19. The molecule has 3 nitrogen and oxygen atoms in total. The first-order valence-corrected chi connectivity index (χ1v) is 4.80. The van der Waals surface area contributed by atoms with Crippen LogP contribution in [0.2, 0.25) is 0 Å². The lowest BCUT2D eigenvalue weighted by atomic mass is 10.1. The third-order valence-electron chi connectivity index (χ3n) is 2.53. The molecule has 0 saturated carbocycles. The second-order valence-corrected chi connectivity index (χ2v) is 3.78. The number of nitrogens with zero attached hydrogens (tertiary/aromatic N) is 2. The quantitative estimate of drug-likeness (QED) is 0.643. The Balaban J connectivity index is 2.53. The molecule has 1 atom stereocenters. The summed E-state index contributed by atoms with van der Waals surface area (Å²) in [6.07, 6.45) is 1.79. The summed E-state index contributed by atoms with van der Waals surface area (Å²) in [7, 11) is 0. The highest BCUT2D eigenvalue weighted by Crippen LogP contribution is 2.15. The molecule has 0 amide bonds. The molecule has 70 valence electrons. The number of aromatic nitrogens is 2. The van der Waals surface area contributed by atoms with E-state index in [1.54, 1.807) is 10.6 Å². The lowest BCUT2D eigenvalue weighted by molar-refractivity contribution is 0.556. The Labute approximate surface area is 77.4 Å². The van der Waals surface area contributed by atoms with Gasteiger partial charge in [0.05, 0.1) is 0 Å². The van der Waals surface area contributed by atoms with E-state index in [-0.39, 0.29) is 5.56 Å². The van der Waals surface area contributed by atoms with Crippen LogP contribution in [0.25, 0.3) is 0 Å². The molecule has 0 N–H and O–H groups in total. The summed E-state index contributed by atoms with van der Waals surface area (Å²) in [6.45, 7) is 5.02. The van der Waals surface area contributed by atoms with Crippen LogP contribution >= 0.6 is 0 Å². The summed E-state index contributed by atoms with van der Waals surface area (Å²) in [4.78, 5) is 16.0. The summed E-state index contributed by atoms with van der Waals surface area (Å²) < 4.78 is 1.80. The van der Waals surface area contributed by atoms with Crippen LogP contribution < -0.4 is 5.56 Å². The molecule has 2 rings (SSSR count). The van der Waals surface area contributed by atoms with E-state index < -0.39 is 0 Å². The van der Waals surface area contributed by atoms with Crippen LogP contribution in [0.4, 0.5) is 0 Å². The van der Waals surface area contributed by atoms with Crippen LogP contribution in [-0.2, 0) is 19.4 Å². The number of aryl methyl sites for hydroxylation is 1. The Morgan fingerprint density at radius 2 is 2.46 bits per heavy atom. The van der Waals surface area contributed by atoms with Crippen molar-refractivity contribution in [3.63, 3.8) is 0 Å². The zero-order chi connectivity index (χ0) is 9.42. The third kappa shape index (κ3) is 1.39. The van der Waals surface area contributed by atoms with Crippen LogP contribution in [0.3, 0.4) is 0 Å². The number of fused-ring (bicyclic) bond motifs is 1. The van der Waals surface area contributed by atoms with Gasteiger partial charge in [-0.25, -0.2) is 4.98 Å². The molecular weight excluding hydrogens is 164 g/mol. The molecule has 1 aromatic rings. The summed E-state index contributed by atoms with van der Waals surface area (Å²) in [6, 6.07) is 1.65. The van der Waals surface area contributed by atoms with Crippen molar-refractivity contribution in [3.8, 4) is 0 Å². The van der Waals surface area contributed by atoms with Gasteiger partial charge in [-0.2, -0.15) is 0 Å². The molecule has 3 heteroatoms. The van der Waals surface area contributed by atoms with E-state index in [2.05, 4.69) is 11.9 Å². The molecule has 13 heavy (non-hydrogen) atoms. The van der Waals surface area contributed by atoms with Crippen LogP contribution in [0.5, 0.6) is 0 Å². The van der Waals surface area contributed by atoms with Crippen molar-refractivity contribution >= 4 is 0 Å². The largest absolute Gasteiger partial charge is 0.296 e. The van der Waals surface area contributed by atoms with Crippen molar-refractivity contribution in [2.75, 3.05) is 0 Å². The molecule has 0 saturated heterocycles. The van der Waals surface area contributed by atoms with E-state index >= 15 is 0 Å². The molecule has 0 aliphatic carbocycles. The maximum atomic E-state index is 11.6. The first kappa shape index (κ1) is 8.48. The smallest absolute Gasteiger partial charge is 0.253 e. The first-order chi connectivity index (χ1) is 6.20. The van der Waals surface area contributed by atoms with Gasteiger partial charge in [-0.1, -0.05) is 13.8 Å². The fraction of sp³-hybridized carbons (Fsp3) is 0.600. The molecule has 0 unspecified atom stereocenters. The summed E-state index contributed by atoms with van der Waals surface area (Å²) >= 11 is 0. The summed E-state index contributed by atoms with van der Waals surface area (Å²) in [5, 5.41) is 0. The number of hydrogen-bond donors (Lipinski definition) is 0. The maximum Gasteiger partial charge on any atom is 0.253 e. The second-order valence-electron chi connectivity index (χ2n) is 3.78. The van der Waals surface area contributed by atoms with Crippen molar-refractivity contribution in [1.82, 2.24) is 9.55 Å². The Bertz CT molecular complexity index is 381. The van der Waals surface area contributed by atoms with Crippen molar-refractivity contribution in [1.29, 1.82) is 0 Å². The molecule has 2 heterocycles. The molecule has 0 bridgehead atoms. The summed E-state index contributed by atoms with van der Waals surface area (Å²) in [5.41, 5.74) is 1.04. The molecule has 1 aromatic heterocycles. The van der Waals surface area contributed by atoms with E-state index in [0.717, 1.165) is 30.9 Å². The molecule has 0 radical (unpaired) electrons. The van der Waals surface area contributed by atoms with Crippen molar-refractivity contribution < 1.29 is 0 Å². The highest BCUT2D eigenvalue weighted by molar-refractivity contribution is 5.07. The Morgan fingerprint density at radius 1 is 1.69 bits per heavy atom. The van der Waals surface area contributed by atoms with Gasteiger partial charge < -0.3 is 0 Å². The topological polar surface area (TPSA) is 34.9 Å². The predicted molar refractivity (Wildman–Crippen MR) is 50.7 cm³/mol. The lowest BCUT2D eigenvalue weighted by Gasteiger charge is -2.02. The molecule has 1 aliphatic heterocycles. The lowest BCUT2D eigenvalue weighted by Crippen LogP contribution is -2.21. The monoisotopic (exact) mass is 178 g/mol. The van der Waals surface area contributed by atoms with Gasteiger partial charge >= 0.3 is 0 Å². The Morgan fingerprint density at radius 3 is 3.15 bits per heavy atom. The molecule has 0 fully saturated rings. The van der Waals surface area contributed by atoms with Gasteiger partial charge in [0.15, 0.2) is 0 Å². The van der Waals surface area contributed by atoms with Crippen molar-refractivity contribution in [3.05, 3.63) is 27.9 Å². The summed E-state index contributed by atoms with van der Waals surface area (Å²) in [5.74, 6) is 1.53. The van der Waals surface area contributed by atoms with Gasteiger partial charge in [0.25, 0.3) is 5.56 Å². The fourth-order valence-electron chi connectivity index (χ4n) is 1.83. The Hall–Kier alpha value is -1.12. The highest BCUT2D eigenvalue weighted by atomic mass is 16.1. The van der Waals surface area contributed by atoms with E-state index in [9.17, 15) is 4.79 Å². The second kappa shape index (κ2) is 2.98. The van der Waals surface area contributed by atoms with E-state index in [1.807, 2.05) is 6.92 Å². The predicted octanol–water partition coefficient (Wildman–Crippen LogP) is 0.998. The minimum absolute atomic E-state index is 0.117. The van der Waals surface area contributed by atoms with Crippen LogP contribution in [0.1, 0.15) is 25.4 Å². The maximum absolute atomic E-state index is 11.6. The first-order valence-electron chi connectivity index (χ1n) is 4.80. The van der Waals surface area contributed by atoms with Gasteiger partial charge in [-0.3, -0.25) is 9.36 Å². The third-order valence-corrected chi connectivity index (χ3v) is 2.53. The van der Waals surface area contributed by atoms with Crippen LogP contribution in [0.15, 0.2) is 10.9 Å². The van der Waals surface area contributed by atoms with Crippen LogP contribution in [0, 0.1) is 5.92 Å². The minimum atomic E-state index is 0.117. The standard InChI is InChI=1S/C10H14N2O/c1-3-8-5-10(13)12-6-7(2)4-9(12)11-8/h5,7H,3-4,6H2,1-2H3/t7-/m0/s1. The zero-order valence-corrected chi connectivity index (χ0v) is 8.08. The van der Waals surface area contributed by atoms with Gasteiger partial charge in [0.1, 0.15) is 5.82 Å². The number of hydrogen-bond acceptors (Lipinski definition) is 2. The SMILES string of the molecule is CCc1cc(=O)n2c(n1)C[C@H](C)C2. The average molecular weight is 178 g/mol. The van der Waals surface area contributed by atoms with E-state index in [0.29, 0.717) is 5.92 Å². The van der Waals surface area contributed by atoms with Gasteiger partial charge in [-0.05, 0) is 12.3 Å².